The van der Waals surface area contributed by atoms with Gasteiger partial charge >= 0.3 is 0 Å². The molecule has 0 saturated carbocycles. The zero-order valence-corrected chi connectivity index (χ0v) is 13.6. The number of nitrogens with one attached hydrogen (secondary N) is 1. The number of rotatable bonds is 6. The summed E-state index contributed by atoms with van der Waals surface area (Å²) in [5.41, 5.74) is 7.32. The first-order chi connectivity index (χ1) is 9.27. The molecule has 0 bridgehead atoms. The monoisotopic (exact) mass is 284 g/mol. The topological polar surface area (TPSA) is 55.1 Å². The maximum atomic E-state index is 10.9. The second-order valence-corrected chi connectivity index (χ2v) is 4.45. The highest BCUT2D eigenvalue weighted by Crippen LogP contribution is 2.26. The van der Waals surface area contributed by atoms with E-state index in [1.165, 1.54) is 0 Å². The molecule has 0 saturated heterocycles. The Morgan fingerprint density at radius 2 is 1.74 bits per heavy atom. The van der Waals surface area contributed by atoms with Gasteiger partial charge in [-0.25, -0.2) is 0 Å². The van der Waals surface area contributed by atoms with E-state index in [2.05, 4.69) is 5.32 Å². The van der Waals surface area contributed by atoms with Crippen LogP contribution in [0.25, 0.3) is 0 Å². The van der Waals surface area contributed by atoms with Crippen molar-refractivity contribution in [2.45, 2.75) is 32.9 Å². The standard InChI is InChI=1S/C11H16N2OS.2C2H6/c1-13-6-7-15-11(8-14)9-2-4-10(12)5-3-9;2*1-2/h2-5,8,11,13H,6-7,12H2,1H3;2*1-2H3. The van der Waals surface area contributed by atoms with Crippen LogP contribution in [-0.4, -0.2) is 25.6 Å². The lowest BCUT2D eigenvalue weighted by atomic mass is 10.1. The largest absolute Gasteiger partial charge is 0.399 e. The molecule has 1 unspecified atom stereocenters. The van der Waals surface area contributed by atoms with E-state index in [4.69, 9.17) is 5.73 Å². The van der Waals surface area contributed by atoms with Gasteiger partial charge in [-0.15, -0.1) is 11.8 Å². The molecule has 3 nitrogen and oxygen atoms in total. The Bertz CT molecular complexity index is 302. The van der Waals surface area contributed by atoms with E-state index >= 15 is 0 Å². The molecular weight excluding hydrogens is 256 g/mol. The van der Waals surface area contributed by atoms with Crippen molar-refractivity contribution in [1.82, 2.24) is 5.32 Å². The second kappa shape index (κ2) is 15.1. The van der Waals surface area contributed by atoms with Crippen LogP contribution in [0.3, 0.4) is 0 Å². The van der Waals surface area contributed by atoms with Gasteiger partial charge in [-0.3, -0.25) is 0 Å². The zero-order chi connectivity index (χ0) is 15.1. The Balaban J connectivity index is 0. The lowest BCUT2D eigenvalue weighted by Crippen LogP contribution is -2.11. The van der Waals surface area contributed by atoms with Gasteiger partial charge in [0.2, 0.25) is 0 Å². The minimum atomic E-state index is -0.0843. The Labute approximate surface area is 122 Å². The van der Waals surface area contributed by atoms with E-state index in [9.17, 15) is 4.79 Å². The summed E-state index contributed by atoms with van der Waals surface area (Å²) in [6.07, 6.45) is 0.978. The first-order valence-corrected chi connectivity index (χ1v) is 7.89. The minimum absolute atomic E-state index is 0.0843. The smallest absolute Gasteiger partial charge is 0.137 e. The number of hydrogen-bond acceptors (Lipinski definition) is 4. The molecule has 19 heavy (non-hydrogen) atoms. The van der Waals surface area contributed by atoms with Gasteiger partial charge in [0.25, 0.3) is 0 Å². The summed E-state index contributed by atoms with van der Waals surface area (Å²) in [6, 6.07) is 7.45. The fraction of sp³-hybridized carbons (Fsp3) is 0.533. The fourth-order valence-electron chi connectivity index (χ4n) is 1.19. The van der Waals surface area contributed by atoms with Gasteiger partial charge in [0.15, 0.2) is 0 Å². The van der Waals surface area contributed by atoms with Gasteiger partial charge in [-0.1, -0.05) is 39.8 Å². The third-order valence-corrected chi connectivity index (χ3v) is 3.22. The number of nitrogen functional groups attached to an aromatic ring is 1. The van der Waals surface area contributed by atoms with Crippen molar-refractivity contribution >= 4 is 23.7 Å². The van der Waals surface area contributed by atoms with Crippen LogP contribution in [0, 0.1) is 0 Å². The average Bonchev–Trinajstić information content (AvgIpc) is 2.49. The van der Waals surface area contributed by atoms with Crippen molar-refractivity contribution in [1.29, 1.82) is 0 Å². The summed E-state index contributed by atoms with van der Waals surface area (Å²) in [5, 5.41) is 2.97. The van der Waals surface area contributed by atoms with E-state index in [0.29, 0.717) is 0 Å². The predicted octanol–water partition coefficient (Wildman–Crippen LogP) is 3.51. The maximum absolute atomic E-state index is 10.9. The summed E-state index contributed by atoms with van der Waals surface area (Å²) in [6.45, 7) is 8.91. The summed E-state index contributed by atoms with van der Waals surface area (Å²) in [4.78, 5) is 10.9. The summed E-state index contributed by atoms with van der Waals surface area (Å²) in [5.74, 6) is 0.921. The molecule has 0 aromatic heterocycles. The molecule has 110 valence electrons. The van der Waals surface area contributed by atoms with Crippen LogP contribution in [0.2, 0.25) is 0 Å². The molecule has 0 fully saturated rings. The van der Waals surface area contributed by atoms with Crippen molar-refractivity contribution in [2.24, 2.45) is 0 Å². The van der Waals surface area contributed by atoms with Crippen LogP contribution in [0.15, 0.2) is 24.3 Å². The Kier molecular flexibility index (Phi) is 16.1. The van der Waals surface area contributed by atoms with Gasteiger partial charge in [-0.05, 0) is 24.7 Å². The van der Waals surface area contributed by atoms with Crippen LogP contribution < -0.4 is 11.1 Å². The van der Waals surface area contributed by atoms with E-state index in [-0.39, 0.29) is 5.25 Å². The van der Waals surface area contributed by atoms with Crippen molar-refractivity contribution in [3.05, 3.63) is 29.8 Å². The molecule has 0 spiro atoms. The Morgan fingerprint density at radius 3 is 2.16 bits per heavy atom. The average molecular weight is 284 g/mol. The number of carbonyl (C=O) groups excluding carboxylic acids is 1. The number of thioether (sulfide) groups is 1. The highest BCUT2D eigenvalue weighted by atomic mass is 32.2. The van der Waals surface area contributed by atoms with Gasteiger partial charge in [0, 0.05) is 18.0 Å². The summed E-state index contributed by atoms with van der Waals surface area (Å²) >= 11 is 1.63. The molecule has 0 aliphatic carbocycles. The third kappa shape index (κ3) is 9.56. The molecule has 1 aromatic rings. The molecule has 1 rings (SSSR count). The number of hydrogen-bond donors (Lipinski definition) is 2. The minimum Gasteiger partial charge on any atom is -0.399 e. The van der Waals surface area contributed by atoms with Gasteiger partial charge in [0.05, 0.1) is 5.25 Å². The SMILES string of the molecule is CC.CC.CNCCSC(C=O)c1ccc(N)cc1. The van der Waals surface area contributed by atoms with Crippen LogP contribution >= 0.6 is 11.8 Å². The number of nitrogens with two attached hydrogens (primary N) is 1. The molecule has 3 N–H and O–H groups in total. The maximum Gasteiger partial charge on any atom is 0.137 e. The molecule has 1 aromatic carbocycles. The normalized spacial score (nSPS) is 10.4. The number of benzene rings is 1. The lowest BCUT2D eigenvalue weighted by Gasteiger charge is -2.10. The van der Waals surface area contributed by atoms with Crippen molar-refractivity contribution in [3.8, 4) is 0 Å². The number of anilines is 1. The number of aldehydes is 1. The number of carbonyl (C=O) groups is 1. The van der Waals surface area contributed by atoms with E-state index in [1.807, 2.05) is 59.0 Å². The molecule has 0 aliphatic heterocycles. The van der Waals surface area contributed by atoms with Gasteiger partial charge in [0.1, 0.15) is 6.29 Å². The highest BCUT2D eigenvalue weighted by Gasteiger charge is 2.09. The third-order valence-electron chi connectivity index (χ3n) is 2.04. The van der Waals surface area contributed by atoms with E-state index < -0.39 is 0 Å². The van der Waals surface area contributed by atoms with Gasteiger partial charge < -0.3 is 15.8 Å². The van der Waals surface area contributed by atoms with Gasteiger partial charge in [-0.2, -0.15) is 0 Å². The highest BCUT2D eigenvalue weighted by molar-refractivity contribution is 8.00. The van der Waals surface area contributed by atoms with Crippen molar-refractivity contribution < 1.29 is 4.79 Å². The quantitative estimate of drug-likeness (QED) is 0.477. The summed E-state index contributed by atoms with van der Waals surface area (Å²) < 4.78 is 0. The van der Waals surface area contributed by atoms with Crippen LogP contribution in [-0.2, 0) is 4.79 Å². The molecular formula is C15H28N2OS. The predicted molar refractivity (Wildman–Crippen MR) is 88.7 cm³/mol. The molecule has 0 aliphatic rings. The molecule has 0 radical (unpaired) electrons. The van der Waals surface area contributed by atoms with E-state index in [1.54, 1.807) is 11.8 Å². The van der Waals surface area contributed by atoms with Crippen molar-refractivity contribution in [3.63, 3.8) is 0 Å². The van der Waals surface area contributed by atoms with Crippen LogP contribution in [0.4, 0.5) is 5.69 Å². The summed E-state index contributed by atoms with van der Waals surface area (Å²) in [7, 11) is 1.90. The molecule has 4 heteroatoms. The first kappa shape index (κ1) is 20.3. The van der Waals surface area contributed by atoms with E-state index in [0.717, 1.165) is 29.8 Å². The molecule has 1 atom stereocenters. The second-order valence-electron chi connectivity index (χ2n) is 3.20. The molecule has 0 heterocycles. The van der Waals surface area contributed by atoms with Crippen LogP contribution in [0.1, 0.15) is 38.5 Å². The zero-order valence-electron chi connectivity index (χ0n) is 12.8. The Hall–Kier alpha value is -1.00. The van der Waals surface area contributed by atoms with Crippen molar-refractivity contribution in [2.75, 3.05) is 25.1 Å². The lowest BCUT2D eigenvalue weighted by molar-refractivity contribution is -0.107. The first-order valence-electron chi connectivity index (χ1n) is 6.85. The van der Waals surface area contributed by atoms with Crippen LogP contribution in [0.5, 0.6) is 0 Å². The molecule has 0 amide bonds. The fourth-order valence-corrected chi connectivity index (χ4v) is 2.19. The Morgan fingerprint density at radius 1 is 1.21 bits per heavy atom.